The molecule has 0 fully saturated rings. The second kappa shape index (κ2) is 5.29. The maximum Gasteiger partial charge on any atom is 0.213 e. The number of pyridine rings is 1. The molecule has 1 aliphatic rings. The first-order chi connectivity index (χ1) is 11.8. The Morgan fingerprint density at radius 2 is 1.44 bits per heavy atom. The van der Waals surface area contributed by atoms with E-state index < -0.39 is 0 Å². The van der Waals surface area contributed by atoms with Crippen LogP contribution >= 0.6 is 0 Å². The minimum absolute atomic E-state index is 0.0457. The summed E-state index contributed by atoms with van der Waals surface area (Å²) in [5, 5.41) is 0. The van der Waals surface area contributed by atoms with Gasteiger partial charge in [0.05, 0.1) is 5.56 Å². The van der Waals surface area contributed by atoms with Gasteiger partial charge in [0.1, 0.15) is 7.05 Å². The quantitative estimate of drug-likeness (QED) is 0.526. The predicted molar refractivity (Wildman–Crippen MR) is 105 cm³/mol. The molecule has 0 saturated heterocycles. The molecule has 126 valence electrons. The van der Waals surface area contributed by atoms with E-state index in [-0.39, 0.29) is 5.41 Å². The van der Waals surface area contributed by atoms with Gasteiger partial charge in [0, 0.05) is 22.6 Å². The second-order valence-corrected chi connectivity index (χ2v) is 8.06. The van der Waals surface area contributed by atoms with Crippen molar-refractivity contribution in [1.82, 2.24) is 0 Å². The van der Waals surface area contributed by atoms with Crippen LogP contribution in [0.1, 0.15) is 41.7 Å². The average molecular weight is 328 g/mol. The number of hydrogen-bond acceptors (Lipinski definition) is 0. The Labute approximate surface area is 151 Å². The summed E-state index contributed by atoms with van der Waals surface area (Å²) in [4.78, 5) is 0. The van der Waals surface area contributed by atoms with Crippen LogP contribution in [0.15, 0.2) is 48.7 Å². The van der Waals surface area contributed by atoms with Crippen molar-refractivity contribution in [2.75, 3.05) is 0 Å². The topological polar surface area (TPSA) is 3.88 Å². The minimum atomic E-state index is 0.0457. The summed E-state index contributed by atoms with van der Waals surface area (Å²) in [6.07, 6.45) is 2.21. The van der Waals surface area contributed by atoms with Gasteiger partial charge in [-0.3, -0.25) is 0 Å². The van der Waals surface area contributed by atoms with Gasteiger partial charge in [-0.1, -0.05) is 49.7 Å². The average Bonchev–Trinajstić information content (AvgIpc) is 2.76. The van der Waals surface area contributed by atoms with E-state index in [0.29, 0.717) is 0 Å². The molecule has 3 aromatic rings. The zero-order chi connectivity index (χ0) is 17.9. The first-order valence-corrected chi connectivity index (χ1v) is 9.03. The van der Waals surface area contributed by atoms with E-state index in [4.69, 9.17) is 0 Å². The monoisotopic (exact) mass is 328 g/mol. The zero-order valence-electron chi connectivity index (χ0n) is 16.1. The molecule has 0 N–H and O–H groups in total. The van der Waals surface area contributed by atoms with E-state index in [1.807, 2.05) is 0 Å². The molecule has 0 radical (unpaired) electrons. The van der Waals surface area contributed by atoms with Crippen LogP contribution in [0.25, 0.3) is 22.4 Å². The van der Waals surface area contributed by atoms with Crippen molar-refractivity contribution in [2.24, 2.45) is 7.05 Å². The third-order valence-corrected chi connectivity index (χ3v) is 5.74. The number of aryl methyl sites for hydroxylation is 4. The third-order valence-electron chi connectivity index (χ3n) is 5.74. The molecule has 0 amide bonds. The van der Waals surface area contributed by atoms with E-state index in [2.05, 4.69) is 94.9 Å². The summed E-state index contributed by atoms with van der Waals surface area (Å²) in [7, 11) is 2.15. The molecule has 0 bridgehead atoms. The van der Waals surface area contributed by atoms with Gasteiger partial charge in [-0.15, -0.1) is 0 Å². The molecule has 1 aromatic heterocycles. The summed E-state index contributed by atoms with van der Waals surface area (Å²) >= 11 is 0. The molecule has 1 aliphatic carbocycles. The van der Waals surface area contributed by atoms with Gasteiger partial charge < -0.3 is 0 Å². The summed E-state index contributed by atoms with van der Waals surface area (Å²) in [6, 6.07) is 16.0. The van der Waals surface area contributed by atoms with Crippen LogP contribution in [0.4, 0.5) is 0 Å². The highest BCUT2D eigenvalue weighted by molar-refractivity contribution is 5.92. The second-order valence-electron chi connectivity index (χ2n) is 8.06. The summed E-state index contributed by atoms with van der Waals surface area (Å²) < 4.78 is 2.26. The molecule has 0 spiro atoms. The molecule has 0 aliphatic heterocycles. The maximum atomic E-state index is 2.36. The van der Waals surface area contributed by atoms with E-state index in [9.17, 15) is 0 Å². The van der Waals surface area contributed by atoms with E-state index in [1.165, 1.54) is 50.2 Å². The predicted octanol–water partition coefficient (Wildman–Crippen LogP) is 5.41. The maximum absolute atomic E-state index is 2.36. The molecule has 4 rings (SSSR count). The first kappa shape index (κ1) is 16.1. The Bertz CT molecular complexity index is 1010. The Hall–Kier alpha value is -2.41. The van der Waals surface area contributed by atoms with Crippen molar-refractivity contribution in [1.29, 1.82) is 0 Å². The van der Waals surface area contributed by atoms with Crippen molar-refractivity contribution in [3.63, 3.8) is 0 Å². The molecule has 2 aromatic carbocycles. The van der Waals surface area contributed by atoms with Crippen molar-refractivity contribution in [2.45, 2.75) is 40.0 Å². The van der Waals surface area contributed by atoms with Gasteiger partial charge in [-0.25, -0.2) is 4.57 Å². The summed E-state index contributed by atoms with van der Waals surface area (Å²) in [6.45, 7) is 11.3. The lowest BCUT2D eigenvalue weighted by Gasteiger charge is -2.22. The normalized spacial score (nSPS) is 14.3. The van der Waals surface area contributed by atoms with Crippen LogP contribution in [0.3, 0.4) is 0 Å². The molecule has 0 saturated carbocycles. The molecule has 1 heteroatoms. The van der Waals surface area contributed by atoms with Crippen molar-refractivity contribution < 1.29 is 4.57 Å². The van der Waals surface area contributed by atoms with Crippen molar-refractivity contribution >= 4 is 0 Å². The largest absolute Gasteiger partial charge is 0.213 e. The van der Waals surface area contributed by atoms with Gasteiger partial charge in [-0.05, 0) is 49.1 Å². The van der Waals surface area contributed by atoms with Gasteiger partial charge in [0.25, 0.3) is 0 Å². The highest BCUT2D eigenvalue weighted by atomic mass is 14.9. The van der Waals surface area contributed by atoms with Crippen molar-refractivity contribution in [3.8, 4) is 22.4 Å². The van der Waals surface area contributed by atoms with Crippen LogP contribution in [0, 0.1) is 20.8 Å². The van der Waals surface area contributed by atoms with E-state index >= 15 is 0 Å². The zero-order valence-corrected chi connectivity index (χ0v) is 16.1. The fourth-order valence-electron chi connectivity index (χ4n) is 4.40. The number of hydrogen-bond donors (Lipinski definition) is 0. The van der Waals surface area contributed by atoms with Crippen LogP contribution < -0.4 is 4.57 Å². The summed E-state index contributed by atoms with van der Waals surface area (Å²) in [5.41, 5.74) is 12.3. The minimum Gasteiger partial charge on any atom is -0.201 e. The lowest BCUT2D eigenvalue weighted by atomic mass is 9.81. The fourth-order valence-corrected chi connectivity index (χ4v) is 4.40. The Balaban J connectivity index is 2.13. The number of nitrogens with zero attached hydrogens (tertiary/aromatic N) is 1. The molecule has 0 atom stereocenters. The van der Waals surface area contributed by atoms with E-state index in [1.54, 1.807) is 0 Å². The van der Waals surface area contributed by atoms with Crippen LogP contribution in [-0.2, 0) is 12.5 Å². The lowest BCUT2D eigenvalue weighted by Crippen LogP contribution is -2.31. The Kier molecular flexibility index (Phi) is 3.40. The van der Waals surface area contributed by atoms with Crippen LogP contribution in [0.5, 0.6) is 0 Å². The SMILES string of the molecule is Cc1ccc2c(c1)-c1c(ccc(C)c1-c1ccc(C)c[n+]1C)C2(C)C. The molecule has 1 heterocycles. The molecule has 25 heavy (non-hydrogen) atoms. The lowest BCUT2D eigenvalue weighted by molar-refractivity contribution is -0.660. The number of benzene rings is 2. The Morgan fingerprint density at radius 1 is 0.760 bits per heavy atom. The number of fused-ring (bicyclic) bond motifs is 3. The third kappa shape index (κ3) is 2.26. The Morgan fingerprint density at radius 3 is 2.16 bits per heavy atom. The van der Waals surface area contributed by atoms with Crippen LogP contribution in [-0.4, -0.2) is 0 Å². The first-order valence-electron chi connectivity index (χ1n) is 9.03. The van der Waals surface area contributed by atoms with Gasteiger partial charge in [-0.2, -0.15) is 0 Å². The highest BCUT2D eigenvalue weighted by Gasteiger charge is 2.38. The smallest absolute Gasteiger partial charge is 0.201 e. The molecular weight excluding hydrogens is 302 g/mol. The summed E-state index contributed by atoms with van der Waals surface area (Å²) in [5.74, 6) is 0. The highest BCUT2D eigenvalue weighted by Crippen LogP contribution is 2.52. The van der Waals surface area contributed by atoms with Crippen molar-refractivity contribution in [3.05, 3.63) is 76.5 Å². The number of aromatic nitrogens is 1. The van der Waals surface area contributed by atoms with E-state index in [0.717, 1.165) is 0 Å². The van der Waals surface area contributed by atoms with Gasteiger partial charge in [0.2, 0.25) is 5.69 Å². The molecular formula is C24H26N+. The number of rotatable bonds is 1. The van der Waals surface area contributed by atoms with Gasteiger partial charge >= 0.3 is 0 Å². The molecule has 0 unspecified atom stereocenters. The fraction of sp³-hybridized carbons (Fsp3) is 0.292. The molecule has 1 nitrogen and oxygen atoms in total. The van der Waals surface area contributed by atoms with Gasteiger partial charge in [0.15, 0.2) is 6.20 Å². The van der Waals surface area contributed by atoms with Crippen LogP contribution in [0.2, 0.25) is 0 Å². The standard InChI is InChI=1S/C24H26N/c1-15-7-10-19-18(13-15)23-20(24(19,4)5)11-9-17(3)22(23)21-12-8-16(2)14-25(21)6/h7-14H,1-6H3/q+1.